The van der Waals surface area contributed by atoms with E-state index in [1.165, 1.54) is 5.56 Å². The summed E-state index contributed by atoms with van der Waals surface area (Å²) in [6.45, 7) is 1.65. The lowest BCUT2D eigenvalue weighted by Crippen LogP contribution is -2.38. The molecule has 0 unspecified atom stereocenters. The summed E-state index contributed by atoms with van der Waals surface area (Å²) in [7, 11) is 1.62. The van der Waals surface area contributed by atoms with Gasteiger partial charge in [0, 0.05) is 44.2 Å². The maximum atomic E-state index is 12.4. The van der Waals surface area contributed by atoms with Gasteiger partial charge >= 0.3 is 0 Å². The van der Waals surface area contributed by atoms with E-state index in [0.717, 1.165) is 37.9 Å². The summed E-state index contributed by atoms with van der Waals surface area (Å²) < 4.78 is 5.10. The number of nitrogens with zero attached hydrogens (tertiary/aromatic N) is 3. The summed E-state index contributed by atoms with van der Waals surface area (Å²) in [6.07, 6.45) is 8.78. The van der Waals surface area contributed by atoms with E-state index in [1.54, 1.807) is 19.5 Å². The molecule has 2 aromatic heterocycles. The van der Waals surface area contributed by atoms with Crippen LogP contribution in [-0.4, -0.2) is 41.0 Å². The molecule has 0 spiro atoms. The van der Waals surface area contributed by atoms with Crippen LogP contribution in [0.4, 0.5) is 0 Å². The molecule has 2 aromatic rings. The van der Waals surface area contributed by atoms with Gasteiger partial charge in [-0.25, -0.2) is 4.98 Å². The number of pyridine rings is 2. The molecular formula is C19H23N3O2. The van der Waals surface area contributed by atoms with Crippen LogP contribution in [-0.2, 0) is 11.2 Å². The molecule has 1 saturated heterocycles. The zero-order valence-corrected chi connectivity index (χ0v) is 14.0. The first-order valence-corrected chi connectivity index (χ1v) is 8.43. The smallest absolute Gasteiger partial charge is 0.222 e. The quantitative estimate of drug-likeness (QED) is 0.848. The van der Waals surface area contributed by atoms with Crippen LogP contribution >= 0.6 is 0 Å². The molecule has 24 heavy (non-hydrogen) atoms. The number of aryl methyl sites for hydroxylation is 1. The Hall–Kier alpha value is -2.43. The fourth-order valence-electron chi connectivity index (χ4n) is 3.18. The van der Waals surface area contributed by atoms with Crippen molar-refractivity contribution >= 4 is 5.91 Å². The zero-order valence-electron chi connectivity index (χ0n) is 14.0. The predicted molar refractivity (Wildman–Crippen MR) is 91.9 cm³/mol. The van der Waals surface area contributed by atoms with Gasteiger partial charge in [0.15, 0.2) is 0 Å². The maximum absolute atomic E-state index is 12.4. The molecule has 0 radical (unpaired) electrons. The Balaban J connectivity index is 1.48. The standard InChI is InChI=1S/C19H23N3O2/c1-24-18-4-3-17(14-21-18)16-8-12-22(13-9-16)19(23)5-2-15-6-10-20-11-7-15/h3-4,6-7,10-11,14,16H,2,5,8-9,12-13H2,1H3. The molecule has 0 atom stereocenters. The number of aromatic nitrogens is 2. The molecule has 1 aliphatic rings. The van der Waals surface area contributed by atoms with Gasteiger partial charge in [0.1, 0.15) is 0 Å². The van der Waals surface area contributed by atoms with Gasteiger partial charge in [0.2, 0.25) is 11.8 Å². The van der Waals surface area contributed by atoms with Gasteiger partial charge in [-0.3, -0.25) is 9.78 Å². The van der Waals surface area contributed by atoms with Crippen molar-refractivity contribution in [3.8, 4) is 5.88 Å². The van der Waals surface area contributed by atoms with Crippen LogP contribution in [0.1, 0.15) is 36.3 Å². The third-order valence-electron chi connectivity index (χ3n) is 4.66. The number of rotatable bonds is 5. The number of piperidine rings is 1. The van der Waals surface area contributed by atoms with Crippen LogP contribution in [0.3, 0.4) is 0 Å². The van der Waals surface area contributed by atoms with E-state index in [1.807, 2.05) is 29.3 Å². The first kappa shape index (κ1) is 16.4. The highest BCUT2D eigenvalue weighted by Gasteiger charge is 2.23. The number of ether oxygens (including phenoxy) is 1. The van der Waals surface area contributed by atoms with Gasteiger partial charge in [-0.2, -0.15) is 0 Å². The van der Waals surface area contributed by atoms with E-state index in [4.69, 9.17) is 4.74 Å². The van der Waals surface area contributed by atoms with Crippen molar-refractivity contribution in [1.82, 2.24) is 14.9 Å². The fraction of sp³-hybridized carbons (Fsp3) is 0.421. The van der Waals surface area contributed by atoms with E-state index in [9.17, 15) is 4.79 Å². The minimum atomic E-state index is 0.248. The highest BCUT2D eigenvalue weighted by Crippen LogP contribution is 2.28. The Morgan fingerprint density at radius 3 is 2.58 bits per heavy atom. The second-order valence-electron chi connectivity index (χ2n) is 6.14. The number of hydrogen-bond donors (Lipinski definition) is 0. The Bertz CT molecular complexity index is 650. The molecule has 5 nitrogen and oxygen atoms in total. The summed E-state index contributed by atoms with van der Waals surface area (Å²) in [5.74, 6) is 1.37. The first-order chi connectivity index (χ1) is 11.8. The Morgan fingerprint density at radius 1 is 1.21 bits per heavy atom. The summed E-state index contributed by atoms with van der Waals surface area (Å²) in [5.41, 5.74) is 2.40. The topological polar surface area (TPSA) is 55.3 Å². The van der Waals surface area contributed by atoms with Crippen LogP contribution < -0.4 is 4.74 Å². The maximum Gasteiger partial charge on any atom is 0.222 e. The van der Waals surface area contributed by atoms with Crippen molar-refractivity contribution in [3.05, 3.63) is 54.0 Å². The van der Waals surface area contributed by atoms with Crippen LogP contribution in [0.5, 0.6) is 5.88 Å². The Morgan fingerprint density at radius 2 is 1.96 bits per heavy atom. The van der Waals surface area contributed by atoms with Crippen LogP contribution in [0.2, 0.25) is 0 Å². The number of hydrogen-bond acceptors (Lipinski definition) is 4. The van der Waals surface area contributed by atoms with Crippen molar-refractivity contribution in [1.29, 1.82) is 0 Å². The Kier molecular flexibility index (Phi) is 5.41. The predicted octanol–water partition coefficient (Wildman–Crippen LogP) is 2.82. The molecule has 3 rings (SSSR count). The second kappa shape index (κ2) is 7.90. The van der Waals surface area contributed by atoms with E-state index in [-0.39, 0.29) is 5.91 Å². The highest BCUT2D eigenvalue weighted by molar-refractivity contribution is 5.76. The summed E-state index contributed by atoms with van der Waals surface area (Å²) in [6, 6.07) is 7.92. The molecule has 0 aliphatic carbocycles. The molecule has 3 heterocycles. The van der Waals surface area contributed by atoms with Gasteiger partial charge < -0.3 is 9.64 Å². The molecule has 0 bridgehead atoms. The van der Waals surface area contributed by atoms with Crippen molar-refractivity contribution in [2.24, 2.45) is 0 Å². The lowest BCUT2D eigenvalue weighted by Gasteiger charge is -2.32. The Labute approximate surface area is 142 Å². The van der Waals surface area contributed by atoms with Gasteiger partial charge in [-0.05, 0) is 48.4 Å². The van der Waals surface area contributed by atoms with Crippen molar-refractivity contribution in [3.63, 3.8) is 0 Å². The molecule has 5 heteroatoms. The van der Waals surface area contributed by atoms with Gasteiger partial charge in [-0.15, -0.1) is 0 Å². The molecule has 1 amide bonds. The lowest BCUT2D eigenvalue weighted by atomic mass is 9.90. The third-order valence-corrected chi connectivity index (χ3v) is 4.66. The number of carbonyl (C=O) groups excluding carboxylic acids is 1. The number of methoxy groups -OCH3 is 1. The van der Waals surface area contributed by atoms with Gasteiger partial charge in [-0.1, -0.05) is 6.07 Å². The fourth-order valence-corrected chi connectivity index (χ4v) is 3.18. The molecule has 0 aromatic carbocycles. The van der Waals surface area contributed by atoms with Crippen molar-refractivity contribution in [2.45, 2.75) is 31.6 Å². The monoisotopic (exact) mass is 325 g/mol. The lowest BCUT2D eigenvalue weighted by molar-refractivity contribution is -0.132. The van der Waals surface area contributed by atoms with Crippen molar-refractivity contribution < 1.29 is 9.53 Å². The van der Waals surface area contributed by atoms with Crippen LogP contribution in [0, 0.1) is 0 Å². The average Bonchev–Trinajstić information content (AvgIpc) is 2.67. The highest BCUT2D eigenvalue weighted by atomic mass is 16.5. The van der Waals surface area contributed by atoms with Crippen LogP contribution in [0.25, 0.3) is 0 Å². The summed E-state index contributed by atoms with van der Waals surface area (Å²) in [4.78, 5) is 22.7. The normalized spacial score (nSPS) is 15.3. The van der Waals surface area contributed by atoms with E-state index in [2.05, 4.69) is 16.0 Å². The van der Waals surface area contributed by atoms with Gasteiger partial charge in [0.05, 0.1) is 7.11 Å². The molecule has 1 aliphatic heterocycles. The SMILES string of the molecule is COc1ccc(C2CCN(C(=O)CCc3ccncc3)CC2)cn1. The molecule has 126 valence electrons. The van der Waals surface area contributed by atoms with Crippen LogP contribution in [0.15, 0.2) is 42.9 Å². The van der Waals surface area contributed by atoms with Crippen molar-refractivity contribution in [2.75, 3.05) is 20.2 Å². The van der Waals surface area contributed by atoms with Gasteiger partial charge in [0.25, 0.3) is 0 Å². The summed E-state index contributed by atoms with van der Waals surface area (Å²) >= 11 is 0. The van der Waals surface area contributed by atoms with E-state index >= 15 is 0 Å². The van der Waals surface area contributed by atoms with E-state index in [0.29, 0.717) is 18.2 Å². The first-order valence-electron chi connectivity index (χ1n) is 8.43. The number of amides is 1. The second-order valence-corrected chi connectivity index (χ2v) is 6.14. The molecule has 0 N–H and O–H groups in total. The van der Waals surface area contributed by atoms with E-state index < -0.39 is 0 Å². The minimum absolute atomic E-state index is 0.248. The number of carbonyl (C=O) groups is 1. The zero-order chi connectivity index (χ0) is 16.8. The minimum Gasteiger partial charge on any atom is -0.481 e. The largest absolute Gasteiger partial charge is 0.481 e. The third kappa shape index (κ3) is 4.10. The molecule has 0 saturated carbocycles. The number of likely N-dealkylation sites (tertiary alicyclic amines) is 1. The average molecular weight is 325 g/mol. The molecule has 1 fully saturated rings. The molecular weight excluding hydrogens is 302 g/mol. The summed E-state index contributed by atoms with van der Waals surface area (Å²) in [5, 5.41) is 0.